The molecule has 9 heteroatoms. The molecular formula is C19H18F3N5O. The van der Waals surface area contributed by atoms with Crippen molar-refractivity contribution in [3.8, 4) is 0 Å². The van der Waals surface area contributed by atoms with Gasteiger partial charge < -0.3 is 0 Å². The number of amidine groups is 1. The minimum absolute atomic E-state index is 0.102. The quantitative estimate of drug-likeness (QED) is 0.571. The monoisotopic (exact) mass is 389 g/mol. The molecule has 0 saturated heterocycles. The van der Waals surface area contributed by atoms with Crippen LogP contribution >= 0.6 is 0 Å². The topological polar surface area (TPSA) is 78.2 Å². The molecule has 0 atom stereocenters. The molecule has 1 aliphatic carbocycles. The Morgan fingerprint density at radius 2 is 1.96 bits per heavy atom. The maximum atomic E-state index is 14.2. The molecule has 2 aliphatic rings. The Labute approximate surface area is 159 Å². The molecular weight excluding hydrogens is 371 g/mol. The van der Waals surface area contributed by atoms with E-state index >= 15 is 0 Å². The maximum absolute atomic E-state index is 14.2. The van der Waals surface area contributed by atoms with Crippen molar-refractivity contribution >= 4 is 23.4 Å². The predicted molar refractivity (Wildman–Crippen MR) is 101 cm³/mol. The van der Waals surface area contributed by atoms with Crippen molar-refractivity contribution in [1.29, 1.82) is 0 Å². The van der Waals surface area contributed by atoms with E-state index in [4.69, 9.17) is 0 Å². The zero-order valence-corrected chi connectivity index (χ0v) is 15.5. The lowest BCUT2D eigenvalue weighted by atomic mass is 10.0. The van der Waals surface area contributed by atoms with Crippen LogP contribution in [0.25, 0.3) is 0 Å². The maximum Gasteiger partial charge on any atom is 0.258 e. The van der Waals surface area contributed by atoms with Crippen LogP contribution in [0.4, 0.5) is 13.2 Å². The fourth-order valence-corrected chi connectivity index (χ4v) is 2.51. The van der Waals surface area contributed by atoms with Crippen LogP contribution in [0, 0.1) is 11.6 Å². The molecule has 2 N–H and O–H groups in total. The van der Waals surface area contributed by atoms with Gasteiger partial charge in [0.25, 0.3) is 5.91 Å². The van der Waals surface area contributed by atoms with E-state index in [9.17, 15) is 18.0 Å². The van der Waals surface area contributed by atoms with Crippen LogP contribution in [0.5, 0.6) is 0 Å². The van der Waals surface area contributed by atoms with E-state index in [0.29, 0.717) is 5.71 Å². The van der Waals surface area contributed by atoms with Gasteiger partial charge in [-0.25, -0.2) is 18.2 Å². The van der Waals surface area contributed by atoms with Crippen LogP contribution in [-0.4, -0.2) is 29.0 Å². The number of nitrogens with one attached hydrogen (secondary N) is 2. The highest BCUT2D eigenvalue weighted by Gasteiger charge is 2.27. The lowest BCUT2D eigenvalue weighted by Crippen LogP contribution is -2.33. The van der Waals surface area contributed by atoms with Crippen molar-refractivity contribution in [2.75, 3.05) is 0 Å². The number of fused-ring (bicyclic) bond motifs is 1. The standard InChI is InChI=1S/C19H18F3N5O/c1-19(2,3)25-18(24-17(28)10-7-8-11(20)13(22)9-10)23-16-15-12(21)5-4-6-14(15)26-27-16/h4,6-9H,5H2,1-3H3,(H2,23,24,25,27,28). The second-order valence-electron chi connectivity index (χ2n) is 7.14. The van der Waals surface area contributed by atoms with E-state index in [-0.39, 0.29) is 29.4 Å². The van der Waals surface area contributed by atoms with E-state index in [0.717, 1.165) is 18.2 Å². The molecule has 0 unspecified atom stereocenters. The zero-order chi connectivity index (χ0) is 20.5. The number of carbonyl (C=O) groups is 1. The number of rotatable bonds is 1. The van der Waals surface area contributed by atoms with Gasteiger partial charge in [0.1, 0.15) is 5.83 Å². The van der Waals surface area contributed by atoms with Gasteiger partial charge in [0.15, 0.2) is 17.5 Å². The highest BCUT2D eigenvalue weighted by atomic mass is 19.2. The number of hydrazone groups is 1. The summed E-state index contributed by atoms with van der Waals surface area (Å²) in [5.41, 5.74) is 2.48. The van der Waals surface area contributed by atoms with Crippen LogP contribution in [0.2, 0.25) is 0 Å². The summed E-state index contributed by atoms with van der Waals surface area (Å²) in [6.45, 7) is 5.35. The molecule has 0 spiro atoms. The van der Waals surface area contributed by atoms with Gasteiger partial charge in [-0.05, 0) is 45.0 Å². The van der Waals surface area contributed by atoms with E-state index in [2.05, 4.69) is 25.8 Å². The number of amides is 1. The molecule has 0 bridgehead atoms. The third-order valence-electron chi connectivity index (χ3n) is 3.69. The molecule has 0 saturated carbocycles. The Balaban J connectivity index is 1.92. The van der Waals surface area contributed by atoms with Gasteiger partial charge >= 0.3 is 0 Å². The van der Waals surface area contributed by atoms with E-state index in [1.54, 1.807) is 32.9 Å². The Hall–Kier alpha value is -3.23. The fraction of sp³-hybridized carbons (Fsp3) is 0.263. The minimum Gasteiger partial charge on any atom is -0.291 e. The van der Waals surface area contributed by atoms with Gasteiger partial charge in [-0.1, -0.05) is 6.08 Å². The lowest BCUT2D eigenvalue weighted by Gasteiger charge is -2.15. The van der Waals surface area contributed by atoms with E-state index in [1.807, 2.05) is 0 Å². The first-order valence-electron chi connectivity index (χ1n) is 8.48. The van der Waals surface area contributed by atoms with Crippen LogP contribution < -0.4 is 10.7 Å². The number of carbonyl (C=O) groups excluding carboxylic acids is 1. The summed E-state index contributed by atoms with van der Waals surface area (Å²) in [6.07, 6.45) is 3.41. The first kappa shape index (κ1) is 19.5. The molecule has 0 aromatic heterocycles. The molecule has 146 valence electrons. The smallest absolute Gasteiger partial charge is 0.258 e. The van der Waals surface area contributed by atoms with E-state index < -0.39 is 28.9 Å². The van der Waals surface area contributed by atoms with Crippen LogP contribution in [0.3, 0.4) is 0 Å². The molecule has 0 radical (unpaired) electrons. The van der Waals surface area contributed by atoms with Gasteiger partial charge in [-0.2, -0.15) is 10.1 Å². The molecule has 1 aromatic carbocycles. The second kappa shape index (κ2) is 7.41. The summed E-state index contributed by atoms with van der Waals surface area (Å²) in [6, 6.07) is 2.76. The Morgan fingerprint density at radius 3 is 2.64 bits per heavy atom. The molecule has 1 amide bonds. The molecule has 3 rings (SSSR count). The number of hydrogen-bond acceptors (Lipinski definition) is 3. The van der Waals surface area contributed by atoms with Gasteiger partial charge in [-0.15, -0.1) is 0 Å². The van der Waals surface area contributed by atoms with Crippen LogP contribution in [-0.2, 0) is 0 Å². The average molecular weight is 389 g/mol. The number of halogens is 3. The minimum atomic E-state index is -1.15. The summed E-state index contributed by atoms with van der Waals surface area (Å²) < 4.78 is 40.7. The van der Waals surface area contributed by atoms with Gasteiger partial charge in [0.2, 0.25) is 5.96 Å². The third kappa shape index (κ3) is 4.36. The van der Waals surface area contributed by atoms with Crippen molar-refractivity contribution < 1.29 is 18.0 Å². The molecule has 6 nitrogen and oxygen atoms in total. The number of benzene rings is 1. The zero-order valence-electron chi connectivity index (χ0n) is 15.5. The summed E-state index contributed by atoms with van der Waals surface area (Å²) in [7, 11) is 0. The molecule has 1 heterocycles. The van der Waals surface area contributed by atoms with Gasteiger partial charge in [-0.3, -0.25) is 15.5 Å². The normalized spacial score (nSPS) is 18.1. The van der Waals surface area contributed by atoms with Crippen molar-refractivity contribution in [3.05, 3.63) is 58.9 Å². The van der Waals surface area contributed by atoms with E-state index in [1.165, 1.54) is 0 Å². The first-order chi connectivity index (χ1) is 13.1. The Morgan fingerprint density at radius 1 is 1.21 bits per heavy atom. The molecule has 0 fully saturated rings. The Bertz CT molecular complexity index is 984. The predicted octanol–water partition coefficient (Wildman–Crippen LogP) is 3.39. The summed E-state index contributed by atoms with van der Waals surface area (Å²) in [5, 5.41) is 6.44. The number of aliphatic imine (C=N–C) groups is 2. The number of allylic oxidation sites excluding steroid dienone is 3. The molecule has 28 heavy (non-hydrogen) atoms. The van der Waals surface area contributed by atoms with Crippen LogP contribution in [0.1, 0.15) is 37.6 Å². The number of hydrogen-bond donors (Lipinski definition) is 2. The van der Waals surface area contributed by atoms with Gasteiger partial charge in [0.05, 0.1) is 16.8 Å². The fourth-order valence-electron chi connectivity index (χ4n) is 2.51. The lowest BCUT2D eigenvalue weighted by molar-refractivity contribution is 0.0976. The average Bonchev–Trinajstić information content (AvgIpc) is 3.00. The highest BCUT2D eigenvalue weighted by molar-refractivity contribution is 6.32. The van der Waals surface area contributed by atoms with Crippen molar-refractivity contribution in [1.82, 2.24) is 10.7 Å². The highest BCUT2D eigenvalue weighted by Crippen LogP contribution is 2.23. The Kier molecular flexibility index (Phi) is 5.17. The van der Waals surface area contributed by atoms with Crippen molar-refractivity contribution in [2.24, 2.45) is 15.1 Å². The van der Waals surface area contributed by atoms with Crippen molar-refractivity contribution in [2.45, 2.75) is 32.7 Å². The summed E-state index contributed by atoms with van der Waals surface area (Å²) >= 11 is 0. The summed E-state index contributed by atoms with van der Waals surface area (Å²) in [5.74, 6) is -3.37. The third-order valence-corrected chi connectivity index (χ3v) is 3.69. The van der Waals surface area contributed by atoms with Crippen molar-refractivity contribution in [3.63, 3.8) is 0 Å². The molecule has 1 aliphatic heterocycles. The second-order valence-corrected chi connectivity index (χ2v) is 7.14. The number of nitrogens with zero attached hydrogens (tertiary/aromatic N) is 3. The SMILES string of the molecule is CC(C)(C)N=C(N=C1NN=C2C=CCC(F)=C21)NC(=O)c1ccc(F)c(F)c1. The molecule has 1 aromatic rings. The van der Waals surface area contributed by atoms with Crippen LogP contribution in [0.15, 0.2) is 56.8 Å². The number of guanidine groups is 1. The summed E-state index contributed by atoms with van der Waals surface area (Å²) in [4.78, 5) is 21.0. The first-order valence-corrected chi connectivity index (χ1v) is 8.48. The van der Waals surface area contributed by atoms with Gasteiger partial charge in [0, 0.05) is 12.0 Å². The largest absolute Gasteiger partial charge is 0.291 e.